The summed E-state index contributed by atoms with van der Waals surface area (Å²) in [6, 6.07) is 2.54. The van der Waals surface area contributed by atoms with E-state index in [1.807, 2.05) is 0 Å². The molecule has 1 aromatic heterocycles. The van der Waals surface area contributed by atoms with Gasteiger partial charge < -0.3 is 4.90 Å². The van der Waals surface area contributed by atoms with E-state index in [2.05, 4.69) is 4.98 Å². The van der Waals surface area contributed by atoms with Crippen LogP contribution in [0.4, 0.5) is 13.2 Å². The fraction of sp³-hybridized carbons (Fsp3) is 0.455. The number of carbonyl (C=O) groups is 1. The molecule has 106 valence electrons. The van der Waals surface area contributed by atoms with Crippen LogP contribution in [0.3, 0.4) is 0 Å². The lowest BCUT2D eigenvalue weighted by atomic mass is 10.2. The normalized spacial score (nSPS) is 11.5. The van der Waals surface area contributed by atoms with E-state index < -0.39 is 25.0 Å². The molecule has 0 aromatic carbocycles. The summed E-state index contributed by atoms with van der Waals surface area (Å²) in [6.45, 7) is 1.35. The third-order valence-corrected chi connectivity index (χ3v) is 2.73. The first kappa shape index (κ1) is 16.0. The third-order valence-electron chi connectivity index (χ3n) is 2.34. The average molecular weight is 315 g/mol. The number of alkyl halides is 3. The highest BCUT2D eigenvalue weighted by atomic mass is 35.5. The highest BCUT2D eigenvalue weighted by molar-refractivity contribution is 6.33. The van der Waals surface area contributed by atoms with Crippen LogP contribution in [-0.4, -0.2) is 35.1 Å². The smallest absolute Gasteiger partial charge is 0.339 e. The van der Waals surface area contributed by atoms with Crippen molar-refractivity contribution >= 4 is 29.1 Å². The number of hydrogen-bond acceptors (Lipinski definition) is 2. The highest BCUT2D eigenvalue weighted by Gasteiger charge is 2.29. The third kappa shape index (κ3) is 5.24. The molecule has 0 fully saturated rings. The topological polar surface area (TPSA) is 33.2 Å². The molecule has 1 heterocycles. The number of nitrogens with zero attached hydrogens (tertiary/aromatic N) is 2. The lowest BCUT2D eigenvalue weighted by Crippen LogP contribution is -2.34. The first-order valence-electron chi connectivity index (χ1n) is 5.42. The van der Waals surface area contributed by atoms with Gasteiger partial charge in [0.05, 0.1) is 6.42 Å². The molecule has 8 heteroatoms. The van der Waals surface area contributed by atoms with Crippen molar-refractivity contribution in [3.05, 3.63) is 28.0 Å². The van der Waals surface area contributed by atoms with Crippen LogP contribution < -0.4 is 0 Å². The summed E-state index contributed by atoms with van der Waals surface area (Å²) >= 11 is 11.3. The standard InChI is InChI=1S/C11H11Cl2F3N2O/c1-2-18(4-3-11(14,15)16)10(19)7-5-8(12)17-9(13)6-7/h5-6H,2-4H2,1H3. The van der Waals surface area contributed by atoms with E-state index in [4.69, 9.17) is 23.2 Å². The summed E-state index contributed by atoms with van der Waals surface area (Å²) in [5.74, 6) is -0.557. The summed E-state index contributed by atoms with van der Waals surface area (Å²) in [4.78, 5) is 16.8. The van der Waals surface area contributed by atoms with Crippen molar-refractivity contribution in [3.8, 4) is 0 Å². The summed E-state index contributed by atoms with van der Waals surface area (Å²) in [5.41, 5.74) is 0.119. The average Bonchev–Trinajstić information content (AvgIpc) is 2.26. The van der Waals surface area contributed by atoms with Crippen LogP contribution in [-0.2, 0) is 0 Å². The van der Waals surface area contributed by atoms with Gasteiger partial charge in [-0.15, -0.1) is 0 Å². The van der Waals surface area contributed by atoms with Crippen LogP contribution in [0.25, 0.3) is 0 Å². The molecular formula is C11H11Cl2F3N2O. The van der Waals surface area contributed by atoms with Crippen LogP contribution in [0.5, 0.6) is 0 Å². The van der Waals surface area contributed by atoms with Crippen LogP contribution in [0, 0.1) is 0 Å². The maximum Gasteiger partial charge on any atom is 0.390 e. The van der Waals surface area contributed by atoms with E-state index in [1.165, 1.54) is 12.1 Å². The first-order valence-corrected chi connectivity index (χ1v) is 6.17. The van der Waals surface area contributed by atoms with E-state index in [1.54, 1.807) is 6.92 Å². The Bertz CT molecular complexity index is 445. The fourth-order valence-corrected chi connectivity index (χ4v) is 1.90. The number of aromatic nitrogens is 1. The van der Waals surface area contributed by atoms with Gasteiger partial charge in [0.2, 0.25) is 0 Å². The minimum Gasteiger partial charge on any atom is -0.339 e. The Morgan fingerprint density at radius 2 is 1.84 bits per heavy atom. The molecule has 3 nitrogen and oxygen atoms in total. The Balaban J connectivity index is 2.83. The Kier molecular flexibility index (Phi) is 5.43. The van der Waals surface area contributed by atoms with Crippen LogP contribution in [0.1, 0.15) is 23.7 Å². The molecule has 0 aliphatic rings. The van der Waals surface area contributed by atoms with Crippen molar-refractivity contribution in [3.63, 3.8) is 0 Å². The number of amides is 1. The van der Waals surface area contributed by atoms with Crippen molar-refractivity contribution in [2.45, 2.75) is 19.5 Å². The molecule has 0 saturated carbocycles. The second-order valence-corrected chi connectivity index (χ2v) is 4.53. The minimum atomic E-state index is -4.30. The SMILES string of the molecule is CCN(CCC(F)(F)F)C(=O)c1cc(Cl)nc(Cl)c1. The predicted octanol–water partition coefficient (Wildman–Crippen LogP) is 3.80. The van der Waals surface area contributed by atoms with E-state index in [9.17, 15) is 18.0 Å². The first-order chi connectivity index (χ1) is 8.73. The van der Waals surface area contributed by atoms with Gasteiger partial charge in [0.1, 0.15) is 10.3 Å². The maximum atomic E-state index is 12.2. The molecule has 1 rings (SSSR count). The molecule has 0 N–H and O–H groups in total. The monoisotopic (exact) mass is 314 g/mol. The summed E-state index contributed by atoms with van der Waals surface area (Å²) in [7, 11) is 0. The quantitative estimate of drug-likeness (QED) is 0.792. The van der Waals surface area contributed by atoms with Gasteiger partial charge >= 0.3 is 6.18 Å². The molecule has 0 unspecified atom stereocenters. The van der Waals surface area contributed by atoms with Crippen LogP contribution in [0.15, 0.2) is 12.1 Å². The van der Waals surface area contributed by atoms with E-state index in [0.29, 0.717) is 0 Å². The molecule has 0 aliphatic heterocycles. The molecule has 0 aliphatic carbocycles. The number of halogens is 5. The Hall–Kier alpha value is -1.01. The van der Waals surface area contributed by atoms with Gasteiger partial charge in [-0.25, -0.2) is 4.98 Å². The Morgan fingerprint density at radius 3 is 2.26 bits per heavy atom. The Labute approximate surface area is 118 Å². The number of pyridine rings is 1. The lowest BCUT2D eigenvalue weighted by molar-refractivity contribution is -0.136. The van der Waals surface area contributed by atoms with Gasteiger partial charge in [0.25, 0.3) is 5.91 Å². The van der Waals surface area contributed by atoms with Gasteiger partial charge in [-0.05, 0) is 19.1 Å². The van der Waals surface area contributed by atoms with E-state index in [0.717, 1.165) is 4.90 Å². The minimum absolute atomic E-state index is 0.0164. The summed E-state index contributed by atoms with van der Waals surface area (Å²) in [5, 5.41) is 0.0328. The molecule has 19 heavy (non-hydrogen) atoms. The zero-order valence-corrected chi connectivity index (χ0v) is 11.5. The molecule has 0 atom stereocenters. The maximum absolute atomic E-state index is 12.2. The number of hydrogen-bond donors (Lipinski definition) is 0. The lowest BCUT2D eigenvalue weighted by Gasteiger charge is -2.21. The van der Waals surface area contributed by atoms with Crippen LogP contribution in [0.2, 0.25) is 10.3 Å². The molecule has 0 radical (unpaired) electrons. The van der Waals surface area contributed by atoms with E-state index >= 15 is 0 Å². The van der Waals surface area contributed by atoms with E-state index in [-0.39, 0.29) is 22.4 Å². The fourth-order valence-electron chi connectivity index (χ4n) is 1.44. The second kappa shape index (κ2) is 6.43. The predicted molar refractivity (Wildman–Crippen MR) is 66.5 cm³/mol. The van der Waals surface area contributed by atoms with Crippen molar-refractivity contribution in [1.82, 2.24) is 9.88 Å². The molecular weight excluding hydrogens is 304 g/mol. The van der Waals surface area contributed by atoms with Crippen molar-refractivity contribution < 1.29 is 18.0 Å². The largest absolute Gasteiger partial charge is 0.390 e. The zero-order valence-electron chi connectivity index (χ0n) is 9.97. The molecule has 0 spiro atoms. The highest BCUT2D eigenvalue weighted by Crippen LogP contribution is 2.21. The van der Waals surface area contributed by atoms with Gasteiger partial charge in [0.15, 0.2) is 0 Å². The molecule has 1 amide bonds. The number of rotatable bonds is 4. The van der Waals surface area contributed by atoms with Gasteiger partial charge in [-0.2, -0.15) is 13.2 Å². The Morgan fingerprint density at radius 1 is 1.32 bits per heavy atom. The van der Waals surface area contributed by atoms with Gasteiger partial charge in [0, 0.05) is 18.7 Å². The molecule has 0 saturated heterocycles. The van der Waals surface area contributed by atoms with Crippen molar-refractivity contribution in [1.29, 1.82) is 0 Å². The van der Waals surface area contributed by atoms with Crippen molar-refractivity contribution in [2.75, 3.05) is 13.1 Å². The van der Waals surface area contributed by atoms with Gasteiger partial charge in [-0.1, -0.05) is 23.2 Å². The summed E-state index contributed by atoms with van der Waals surface area (Å²) in [6.07, 6.45) is -5.36. The van der Waals surface area contributed by atoms with Crippen molar-refractivity contribution in [2.24, 2.45) is 0 Å². The molecule has 1 aromatic rings. The summed E-state index contributed by atoms with van der Waals surface area (Å²) < 4.78 is 36.5. The number of carbonyl (C=O) groups excluding carboxylic acids is 1. The zero-order chi connectivity index (χ0) is 14.6. The van der Waals surface area contributed by atoms with Gasteiger partial charge in [-0.3, -0.25) is 4.79 Å². The second-order valence-electron chi connectivity index (χ2n) is 3.75. The molecule has 0 bridgehead atoms. The van der Waals surface area contributed by atoms with Crippen LogP contribution >= 0.6 is 23.2 Å².